The van der Waals surface area contributed by atoms with Crippen LogP contribution in [0.3, 0.4) is 0 Å². The normalized spacial score (nSPS) is 14.2. The fraction of sp³-hybridized carbons (Fsp3) is 0.273. The van der Waals surface area contributed by atoms with Crippen molar-refractivity contribution in [1.82, 2.24) is 5.32 Å². The van der Waals surface area contributed by atoms with Crippen LogP contribution in [0.25, 0.3) is 0 Å². The lowest BCUT2D eigenvalue weighted by Gasteiger charge is -2.28. The molecule has 1 aromatic carbocycles. The zero-order valence-corrected chi connectivity index (χ0v) is 10.1. The molecule has 1 unspecified atom stereocenters. The van der Waals surface area contributed by atoms with Crippen molar-refractivity contribution in [3.63, 3.8) is 0 Å². The Bertz CT molecular complexity index is 533. The van der Waals surface area contributed by atoms with Gasteiger partial charge in [0.05, 0.1) is 0 Å². The number of rotatable bonds is 3. The summed E-state index contributed by atoms with van der Waals surface area (Å²) in [6, 6.07) is 2.98. The Morgan fingerprint density at radius 3 is 2.30 bits per heavy atom. The van der Waals surface area contributed by atoms with E-state index in [1.807, 2.05) is 5.32 Å². The summed E-state index contributed by atoms with van der Waals surface area (Å²) in [4.78, 5) is 22.1. The molecule has 0 aliphatic carbocycles. The lowest BCUT2D eigenvalue weighted by Crippen LogP contribution is -2.62. The van der Waals surface area contributed by atoms with Crippen molar-refractivity contribution in [3.05, 3.63) is 30.1 Å². The van der Waals surface area contributed by atoms with E-state index in [-0.39, 0.29) is 5.69 Å². The van der Waals surface area contributed by atoms with Gasteiger partial charge in [-0.15, -0.1) is 0 Å². The van der Waals surface area contributed by atoms with Crippen LogP contribution >= 0.6 is 0 Å². The molecule has 9 heteroatoms. The van der Waals surface area contributed by atoms with Gasteiger partial charge in [-0.05, 0) is 25.1 Å². The standard InChI is InChI=1S/C11H10F4N2O3/c1-10(8(18)19,11(13,14)15)17-9(20)16-7-4-2-3-6(12)5-7/h2-5H,1H3,(H,18,19)(H2,16,17,20). The second-order valence-corrected chi connectivity index (χ2v) is 4.02. The molecular weight excluding hydrogens is 284 g/mol. The lowest BCUT2D eigenvalue weighted by molar-refractivity contribution is -0.203. The highest BCUT2D eigenvalue weighted by atomic mass is 19.4. The van der Waals surface area contributed by atoms with Gasteiger partial charge in [0.2, 0.25) is 5.54 Å². The number of amides is 2. The summed E-state index contributed by atoms with van der Waals surface area (Å²) in [6.07, 6.45) is -5.20. The molecule has 0 bridgehead atoms. The molecule has 0 aliphatic heterocycles. The van der Waals surface area contributed by atoms with E-state index in [0.717, 1.165) is 12.1 Å². The predicted molar refractivity (Wildman–Crippen MR) is 60.7 cm³/mol. The number of carboxylic acids is 1. The van der Waals surface area contributed by atoms with Gasteiger partial charge >= 0.3 is 18.2 Å². The molecule has 110 valence electrons. The molecule has 2 amide bonds. The first kappa shape index (κ1) is 15.7. The van der Waals surface area contributed by atoms with Crippen molar-refractivity contribution >= 4 is 17.7 Å². The van der Waals surface area contributed by atoms with E-state index >= 15 is 0 Å². The molecule has 20 heavy (non-hydrogen) atoms. The topological polar surface area (TPSA) is 78.4 Å². The molecule has 0 radical (unpaired) electrons. The number of nitrogens with one attached hydrogen (secondary N) is 2. The maximum atomic E-state index is 12.8. The maximum Gasteiger partial charge on any atom is 0.422 e. The van der Waals surface area contributed by atoms with Crippen LogP contribution in [0.1, 0.15) is 6.92 Å². The van der Waals surface area contributed by atoms with Crippen molar-refractivity contribution in [1.29, 1.82) is 0 Å². The van der Waals surface area contributed by atoms with Crippen molar-refractivity contribution in [3.8, 4) is 0 Å². The summed E-state index contributed by atoms with van der Waals surface area (Å²) in [5, 5.41) is 11.8. The number of carboxylic acid groups (broad SMARTS) is 1. The van der Waals surface area contributed by atoms with E-state index in [4.69, 9.17) is 5.11 Å². The van der Waals surface area contributed by atoms with E-state index < -0.39 is 29.5 Å². The zero-order chi connectivity index (χ0) is 15.6. The average Bonchev–Trinajstić information content (AvgIpc) is 2.26. The minimum Gasteiger partial charge on any atom is -0.479 e. The lowest BCUT2D eigenvalue weighted by atomic mass is 10.0. The fourth-order valence-corrected chi connectivity index (χ4v) is 1.20. The first-order valence-corrected chi connectivity index (χ1v) is 5.21. The summed E-state index contributed by atoms with van der Waals surface area (Å²) in [7, 11) is 0. The van der Waals surface area contributed by atoms with E-state index in [2.05, 4.69) is 0 Å². The van der Waals surface area contributed by atoms with Crippen LogP contribution in [-0.2, 0) is 4.79 Å². The molecule has 0 aliphatic rings. The molecule has 3 N–H and O–H groups in total. The van der Waals surface area contributed by atoms with Crippen molar-refractivity contribution in [2.24, 2.45) is 0 Å². The summed E-state index contributed by atoms with van der Waals surface area (Å²) >= 11 is 0. The monoisotopic (exact) mass is 294 g/mol. The van der Waals surface area contributed by atoms with Gasteiger partial charge in [-0.2, -0.15) is 13.2 Å². The Balaban J connectivity index is 2.86. The van der Waals surface area contributed by atoms with Gasteiger partial charge in [0.1, 0.15) is 5.82 Å². The summed E-state index contributed by atoms with van der Waals surface area (Å²) in [6.45, 7) is 0.306. The van der Waals surface area contributed by atoms with Crippen LogP contribution in [-0.4, -0.2) is 28.8 Å². The predicted octanol–water partition coefficient (Wildman–Crippen LogP) is 2.35. The molecule has 5 nitrogen and oxygen atoms in total. The smallest absolute Gasteiger partial charge is 0.422 e. The summed E-state index contributed by atoms with van der Waals surface area (Å²) in [5.41, 5.74) is -3.57. The molecule has 1 aromatic rings. The number of carbonyl (C=O) groups excluding carboxylic acids is 1. The molecule has 0 spiro atoms. The van der Waals surface area contributed by atoms with Crippen molar-refractivity contribution in [2.45, 2.75) is 18.6 Å². The molecular formula is C11H10F4N2O3. The highest BCUT2D eigenvalue weighted by Gasteiger charge is 2.58. The van der Waals surface area contributed by atoms with Gasteiger partial charge in [-0.1, -0.05) is 6.07 Å². The molecule has 0 saturated carbocycles. The van der Waals surface area contributed by atoms with Crippen LogP contribution in [0.4, 0.5) is 28.0 Å². The summed E-state index contributed by atoms with van der Waals surface area (Å²) < 4.78 is 50.7. The van der Waals surface area contributed by atoms with Gasteiger partial charge in [-0.25, -0.2) is 14.0 Å². The van der Waals surface area contributed by atoms with Crippen molar-refractivity contribution in [2.75, 3.05) is 5.32 Å². The first-order chi connectivity index (χ1) is 9.06. The molecule has 1 rings (SSSR count). The Labute approximate surface area is 110 Å². The Morgan fingerprint density at radius 2 is 1.85 bits per heavy atom. The van der Waals surface area contributed by atoms with Gasteiger partial charge < -0.3 is 15.7 Å². The van der Waals surface area contributed by atoms with E-state index in [9.17, 15) is 27.2 Å². The Kier molecular flexibility index (Phi) is 4.21. The third kappa shape index (κ3) is 3.37. The quantitative estimate of drug-likeness (QED) is 0.749. The Hall–Kier alpha value is -2.32. The van der Waals surface area contributed by atoms with Crippen LogP contribution in [0.5, 0.6) is 0 Å². The van der Waals surface area contributed by atoms with Gasteiger partial charge in [-0.3, -0.25) is 0 Å². The van der Waals surface area contributed by atoms with Crippen LogP contribution in [0, 0.1) is 5.82 Å². The number of aliphatic carboxylic acids is 1. The largest absolute Gasteiger partial charge is 0.479 e. The minimum atomic E-state index is -5.20. The number of halogens is 4. The van der Waals surface area contributed by atoms with E-state index in [0.29, 0.717) is 6.92 Å². The first-order valence-electron chi connectivity index (χ1n) is 5.21. The summed E-state index contributed by atoms with van der Waals surface area (Å²) in [5.74, 6) is -2.97. The molecule has 0 aromatic heterocycles. The van der Waals surface area contributed by atoms with Gasteiger partial charge in [0.25, 0.3) is 0 Å². The SMILES string of the molecule is CC(NC(=O)Nc1cccc(F)c1)(C(=O)O)C(F)(F)F. The maximum absolute atomic E-state index is 12.8. The third-order valence-corrected chi connectivity index (χ3v) is 2.44. The fourth-order valence-electron chi connectivity index (χ4n) is 1.20. The average molecular weight is 294 g/mol. The number of hydrogen-bond donors (Lipinski definition) is 3. The highest BCUT2D eigenvalue weighted by molar-refractivity contribution is 5.94. The van der Waals surface area contributed by atoms with Crippen LogP contribution in [0.2, 0.25) is 0 Å². The molecule has 1 atom stereocenters. The number of alkyl halides is 3. The van der Waals surface area contributed by atoms with E-state index in [1.54, 1.807) is 0 Å². The minimum absolute atomic E-state index is 0.114. The zero-order valence-electron chi connectivity index (χ0n) is 10.1. The second-order valence-electron chi connectivity index (χ2n) is 4.02. The number of urea groups is 1. The van der Waals surface area contributed by atoms with Gasteiger partial charge in [0, 0.05) is 5.69 Å². The van der Waals surface area contributed by atoms with Crippen LogP contribution < -0.4 is 10.6 Å². The number of benzene rings is 1. The number of anilines is 1. The molecule has 0 heterocycles. The third-order valence-electron chi connectivity index (χ3n) is 2.44. The highest BCUT2D eigenvalue weighted by Crippen LogP contribution is 2.30. The van der Waals surface area contributed by atoms with Crippen molar-refractivity contribution < 1.29 is 32.3 Å². The second kappa shape index (κ2) is 5.35. The van der Waals surface area contributed by atoms with Gasteiger partial charge in [0.15, 0.2) is 0 Å². The van der Waals surface area contributed by atoms with Crippen LogP contribution in [0.15, 0.2) is 24.3 Å². The number of carbonyl (C=O) groups is 2. The van der Waals surface area contributed by atoms with E-state index in [1.165, 1.54) is 17.4 Å². The molecule has 0 fully saturated rings. The molecule has 0 saturated heterocycles. The number of hydrogen-bond acceptors (Lipinski definition) is 2. The Morgan fingerprint density at radius 1 is 1.25 bits per heavy atom.